The zero-order valence-corrected chi connectivity index (χ0v) is 16.0. The van der Waals surface area contributed by atoms with Gasteiger partial charge in [0.2, 0.25) is 0 Å². The third kappa shape index (κ3) is 3.55. The summed E-state index contributed by atoms with van der Waals surface area (Å²) >= 11 is 0. The molecule has 0 aliphatic carbocycles. The quantitative estimate of drug-likeness (QED) is 0.644. The molecule has 1 saturated heterocycles. The Bertz CT molecular complexity index is 1560. The van der Waals surface area contributed by atoms with E-state index in [1.807, 2.05) is 4.90 Å². The molecule has 2 aliphatic rings. The van der Waals surface area contributed by atoms with Crippen LogP contribution in [0.15, 0.2) is 27.5 Å². The van der Waals surface area contributed by atoms with Crippen molar-refractivity contribution in [3.63, 3.8) is 0 Å². The summed E-state index contributed by atoms with van der Waals surface area (Å²) in [7, 11) is 0. The topological polar surface area (TPSA) is 64.2 Å². The van der Waals surface area contributed by atoms with Crippen molar-refractivity contribution in [2.75, 3.05) is 19.6 Å². The number of hydrogen-bond donors (Lipinski definition) is 0. The maximum atomic E-state index is 13.6. The Kier molecular flexibility index (Phi) is 2.82. The van der Waals surface area contributed by atoms with Crippen molar-refractivity contribution < 1.29 is 24.0 Å². The van der Waals surface area contributed by atoms with Gasteiger partial charge in [-0.05, 0) is 64.1 Å². The molecule has 3 aromatic rings. The first-order valence-electron chi connectivity index (χ1n) is 15.3. The number of aromatic nitrogens is 3. The number of hydrogen-bond acceptors (Lipinski definition) is 5. The number of fused-ring (bicyclic) bond motifs is 2. The first-order valence-corrected chi connectivity index (χ1v) is 9.77. The number of nitrogens with zero attached hydrogens (tertiary/aromatic N) is 4. The van der Waals surface area contributed by atoms with Gasteiger partial charge in [0.25, 0.3) is 5.56 Å². The van der Waals surface area contributed by atoms with Gasteiger partial charge in [-0.15, -0.1) is 0 Å². The number of rotatable bonds is 4. The van der Waals surface area contributed by atoms with Gasteiger partial charge in [-0.3, -0.25) is 9.36 Å². The second-order valence-electron chi connectivity index (χ2n) is 7.46. The summed E-state index contributed by atoms with van der Waals surface area (Å²) in [5.74, 6) is -1.51. The molecule has 2 aromatic heterocycles. The molecule has 158 valence electrons. The van der Waals surface area contributed by atoms with Crippen molar-refractivity contribution in [2.24, 2.45) is 0 Å². The fourth-order valence-electron chi connectivity index (χ4n) is 4.06. The predicted molar refractivity (Wildman–Crippen MR) is 112 cm³/mol. The maximum Gasteiger partial charge on any atom is 0.256 e. The molecule has 0 unspecified atom stereocenters. The Morgan fingerprint density at radius 2 is 2.20 bits per heavy atom. The molecular formula is C23H27FN4O2. The highest BCUT2D eigenvalue weighted by Gasteiger charge is 2.25. The summed E-state index contributed by atoms with van der Waals surface area (Å²) in [4.78, 5) is 19.4. The Labute approximate surface area is 190 Å². The summed E-state index contributed by atoms with van der Waals surface area (Å²) < 4.78 is 108. The molecule has 1 aromatic carbocycles. The minimum Gasteiger partial charge on any atom is -0.356 e. The number of halogens is 1. The average Bonchev–Trinajstić information content (AvgIpc) is 3.29. The van der Waals surface area contributed by atoms with E-state index in [4.69, 9.17) is 19.6 Å². The minimum absolute atomic E-state index is 0.0265. The average molecular weight is 422 g/mol. The molecule has 0 spiro atoms. The fourth-order valence-corrected chi connectivity index (χ4v) is 4.06. The van der Waals surface area contributed by atoms with Crippen LogP contribution in [0.3, 0.4) is 0 Å². The summed E-state index contributed by atoms with van der Waals surface area (Å²) in [6.07, 6.45) is -9.20. The van der Waals surface area contributed by atoms with E-state index < -0.39 is 60.9 Å². The second kappa shape index (κ2) is 7.95. The minimum atomic E-state index is -3.50. The SMILES string of the molecule is [2H]C([2H])([2H])c1nc2n(c(=O)c1CCN1CCC(c3noc4cc(F)ccc34)CC1)C([2H])([2H])C([2H])([2H])C([2H])([2H])C2([2H])[2H]. The molecule has 6 nitrogen and oxygen atoms in total. The van der Waals surface area contributed by atoms with Gasteiger partial charge in [0, 0.05) is 63.1 Å². The van der Waals surface area contributed by atoms with E-state index in [2.05, 4.69) is 10.1 Å². The summed E-state index contributed by atoms with van der Waals surface area (Å²) in [5.41, 5.74) is -1.36. The van der Waals surface area contributed by atoms with Crippen LogP contribution in [0.25, 0.3) is 11.0 Å². The normalized spacial score (nSPS) is 30.6. The molecule has 7 heteroatoms. The van der Waals surface area contributed by atoms with Gasteiger partial charge in [-0.1, -0.05) is 5.16 Å². The number of piperidine rings is 1. The third-order valence-corrected chi connectivity index (χ3v) is 5.70. The largest absolute Gasteiger partial charge is 0.356 e. The Morgan fingerprint density at radius 1 is 1.33 bits per heavy atom. The van der Waals surface area contributed by atoms with E-state index in [9.17, 15) is 9.18 Å². The monoisotopic (exact) mass is 421 g/mol. The molecule has 0 N–H and O–H groups in total. The van der Waals surface area contributed by atoms with Gasteiger partial charge >= 0.3 is 0 Å². The van der Waals surface area contributed by atoms with Crippen LogP contribution in [-0.2, 0) is 19.3 Å². The van der Waals surface area contributed by atoms with Crippen molar-refractivity contribution >= 4 is 11.0 Å². The van der Waals surface area contributed by atoms with E-state index >= 15 is 0 Å². The van der Waals surface area contributed by atoms with Gasteiger partial charge in [0.1, 0.15) is 11.6 Å². The van der Waals surface area contributed by atoms with E-state index in [1.165, 1.54) is 12.1 Å². The third-order valence-electron chi connectivity index (χ3n) is 5.70. The van der Waals surface area contributed by atoms with Crippen LogP contribution in [0.5, 0.6) is 0 Å². The van der Waals surface area contributed by atoms with Crippen LogP contribution in [0.4, 0.5) is 4.39 Å². The summed E-state index contributed by atoms with van der Waals surface area (Å²) in [6, 6.07) is 4.21. The number of aryl methyl sites for hydroxylation is 2. The van der Waals surface area contributed by atoms with Crippen molar-refractivity contribution in [3.05, 3.63) is 57.1 Å². The summed E-state index contributed by atoms with van der Waals surface area (Å²) in [5, 5.41) is 4.84. The highest BCUT2D eigenvalue weighted by Crippen LogP contribution is 2.32. The predicted octanol–water partition coefficient (Wildman–Crippen LogP) is 3.59. The van der Waals surface area contributed by atoms with Gasteiger partial charge in [-0.25, -0.2) is 9.37 Å². The fraction of sp³-hybridized carbons (Fsp3) is 0.522. The molecule has 0 radical (unpaired) electrons. The first-order chi connectivity index (χ1) is 18.8. The molecule has 5 rings (SSSR count). The van der Waals surface area contributed by atoms with Gasteiger partial charge in [0.15, 0.2) is 5.58 Å². The van der Waals surface area contributed by atoms with Crippen molar-refractivity contribution in [2.45, 2.75) is 57.6 Å². The van der Waals surface area contributed by atoms with Crippen LogP contribution in [-0.4, -0.2) is 39.2 Å². The van der Waals surface area contributed by atoms with Gasteiger partial charge < -0.3 is 9.42 Å². The molecular weight excluding hydrogens is 383 g/mol. The molecule has 30 heavy (non-hydrogen) atoms. The molecule has 0 saturated carbocycles. The Balaban J connectivity index is 1.43. The van der Waals surface area contributed by atoms with Gasteiger partial charge in [0.05, 0.1) is 5.69 Å². The highest BCUT2D eigenvalue weighted by atomic mass is 19.1. The lowest BCUT2D eigenvalue weighted by Gasteiger charge is -2.31. The van der Waals surface area contributed by atoms with E-state index in [0.717, 1.165) is 5.39 Å². The zero-order valence-electron chi connectivity index (χ0n) is 27.0. The van der Waals surface area contributed by atoms with Crippen LogP contribution in [0.2, 0.25) is 0 Å². The zero-order chi connectivity index (χ0) is 30.3. The highest BCUT2D eigenvalue weighted by molar-refractivity contribution is 5.79. The summed E-state index contributed by atoms with van der Waals surface area (Å²) in [6.45, 7) is -5.12. The van der Waals surface area contributed by atoms with Crippen molar-refractivity contribution in [3.8, 4) is 0 Å². The van der Waals surface area contributed by atoms with Crippen LogP contribution in [0, 0.1) is 12.7 Å². The lowest BCUT2D eigenvalue weighted by atomic mass is 9.91. The lowest BCUT2D eigenvalue weighted by molar-refractivity contribution is 0.211. The molecule has 0 atom stereocenters. The molecule has 0 amide bonds. The lowest BCUT2D eigenvalue weighted by Crippen LogP contribution is -2.37. The van der Waals surface area contributed by atoms with E-state index in [0.29, 0.717) is 37.2 Å². The Morgan fingerprint density at radius 3 is 3.03 bits per heavy atom. The Hall–Kier alpha value is -2.54. The van der Waals surface area contributed by atoms with Crippen LogP contribution in [0.1, 0.15) is 69.4 Å². The van der Waals surface area contributed by atoms with Crippen molar-refractivity contribution in [1.82, 2.24) is 19.6 Å². The van der Waals surface area contributed by atoms with Crippen LogP contribution < -0.4 is 5.56 Å². The molecule has 4 heterocycles. The molecule has 2 aliphatic heterocycles. The van der Waals surface area contributed by atoms with Crippen molar-refractivity contribution in [1.29, 1.82) is 0 Å². The molecule has 0 bridgehead atoms. The first kappa shape index (κ1) is 10.7. The van der Waals surface area contributed by atoms with Gasteiger partial charge in [-0.2, -0.15) is 0 Å². The second-order valence-corrected chi connectivity index (χ2v) is 7.46. The standard InChI is InChI=1S/C23H27FN4O2/c1-15-18(23(29)28-10-3-2-4-21(28)25-15)9-13-27-11-7-16(8-12-27)22-19-6-5-17(24)14-20(19)30-26-22/h5-6,14,16H,2-4,7-13H2,1H3/i1D3,2D2,3D2,4D2,10D2. The number of likely N-dealkylation sites (tertiary alicyclic amines) is 1. The smallest absolute Gasteiger partial charge is 0.256 e. The van der Waals surface area contributed by atoms with E-state index in [1.54, 1.807) is 6.07 Å². The molecule has 1 fully saturated rings. The van der Waals surface area contributed by atoms with E-state index in [-0.39, 0.29) is 23.5 Å². The van der Waals surface area contributed by atoms with Crippen LogP contribution >= 0.6 is 0 Å². The maximum absolute atomic E-state index is 13.6. The number of benzene rings is 1.